The van der Waals surface area contributed by atoms with Gasteiger partial charge in [0.25, 0.3) is 0 Å². The van der Waals surface area contributed by atoms with Crippen LogP contribution in [0.25, 0.3) is 10.8 Å². The number of carbonyl (C=O) groups excluding carboxylic acids is 1. The number of aliphatic hydroxyl groups is 2. The van der Waals surface area contributed by atoms with Gasteiger partial charge in [-0.15, -0.1) is 18.3 Å². The predicted octanol–water partition coefficient (Wildman–Crippen LogP) is 11.1. The van der Waals surface area contributed by atoms with E-state index in [9.17, 15) is 15.0 Å². The van der Waals surface area contributed by atoms with Crippen LogP contribution in [0, 0.1) is 17.8 Å². The molecule has 1 aliphatic heterocycles. The number of nitrogens with zero attached hydrogens (tertiary/aromatic N) is 2. The zero-order valence-corrected chi connectivity index (χ0v) is 38.8. The normalized spacial score (nSPS) is 23.1. The zero-order chi connectivity index (χ0) is 45.1. The fourth-order valence-corrected chi connectivity index (χ4v) is 10.6. The Labute approximate surface area is 383 Å². The predicted molar refractivity (Wildman–Crippen MR) is 255 cm³/mol. The molecule has 7 rings (SSSR count). The van der Waals surface area contributed by atoms with Gasteiger partial charge in [-0.3, -0.25) is 4.90 Å². The number of carbonyl (C=O) groups is 1. The fourth-order valence-electron chi connectivity index (χ4n) is 9.89. The lowest BCUT2D eigenvalue weighted by atomic mass is 9.55. The Morgan fingerprint density at radius 2 is 1.72 bits per heavy atom. The number of benzene rings is 4. The highest BCUT2D eigenvalue weighted by molar-refractivity contribution is 7.99. The first-order valence-corrected chi connectivity index (χ1v) is 24.1. The van der Waals surface area contributed by atoms with Gasteiger partial charge in [0.15, 0.2) is 0 Å². The van der Waals surface area contributed by atoms with E-state index in [-0.39, 0.29) is 57.1 Å². The maximum atomic E-state index is 14.7. The molecule has 1 heterocycles. The van der Waals surface area contributed by atoms with E-state index in [0.717, 1.165) is 70.4 Å². The Bertz CT molecular complexity index is 2240. The molecule has 1 amide bonds. The van der Waals surface area contributed by atoms with E-state index in [4.69, 9.17) is 28.9 Å². The number of rotatable bonds is 21. The summed E-state index contributed by atoms with van der Waals surface area (Å²) in [5.74, 6) is 0.320. The topological polar surface area (TPSA) is 119 Å². The highest BCUT2D eigenvalue weighted by Crippen LogP contribution is 2.62. The van der Waals surface area contributed by atoms with Crippen LogP contribution in [-0.2, 0) is 20.9 Å². The Kier molecular flexibility index (Phi) is 16.1. The molecule has 0 radical (unpaired) electrons. The SMILES string of the molecule is C=CCO[C@@]12Oc3ccc(OCCSc4ccccc4)cc3[C@H]3[C@H](CCCCO)[C@@H](CCCCO)C=C(C(=NOC(C)(C)C)C[C@@H]1N(Cc1cccc4ccccc14)C(=O)OCC)[C@H]32. The second-order valence-corrected chi connectivity index (χ2v) is 19.1. The second kappa shape index (κ2) is 21.9. The molecule has 3 aliphatic rings. The number of hydrogen-bond acceptors (Lipinski definition) is 10. The lowest BCUT2D eigenvalue weighted by Gasteiger charge is -2.60. The van der Waals surface area contributed by atoms with Crippen molar-refractivity contribution in [1.82, 2.24) is 4.90 Å². The molecular formula is C53H66N2O8S. The summed E-state index contributed by atoms with van der Waals surface area (Å²) in [5.41, 5.74) is 3.09. The van der Waals surface area contributed by atoms with Crippen molar-refractivity contribution in [2.75, 3.05) is 38.8 Å². The summed E-state index contributed by atoms with van der Waals surface area (Å²) in [7, 11) is 0. The van der Waals surface area contributed by atoms with E-state index >= 15 is 0 Å². The van der Waals surface area contributed by atoms with Crippen LogP contribution in [0.2, 0.25) is 0 Å². The molecule has 0 unspecified atom stereocenters. The minimum atomic E-state index is -1.42. The zero-order valence-electron chi connectivity index (χ0n) is 38.0. The van der Waals surface area contributed by atoms with E-state index < -0.39 is 29.4 Å². The van der Waals surface area contributed by atoms with Crippen LogP contribution in [0.3, 0.4) is 0 Å². The van der Waals surface area contributed by atoms with Crippen molar-refractivity contribution in [3.8, 4) is 11.5 Å². The highest BCUT2D eigenvalue weighted by Gasteiger charge is 2.65. The summed E-state index contributed by atoms with van der Waals surface area (Å²) in [6.45, 7) is 13.1. The van der Waals surface area contributed by atoms with E-state index in [1.165, 1.54) is 4.90 Å². The molecule has 4 aromatic rings. The van der Waals surface area contributed by atoms with Crippen molar-refractivity contribution in [1.29, 1.82) is 0 Å². The van der Waals surface area contributed by atoms with E-state index in [1.807, 2.05) is 76.2 Å². The average molecular weight is 891 g/mol. The number of amides is 1. The summed E-state index contributed by atoms with van der Waals surface area (Å²) in [5, 5.41) is 27.1. The molecule has 64 heavy (non-hydrogen) atoms. The Morgan fingerprint density at radius 1 is 0.969 bits per heavy atom. The Balaban J connectivity index is 1.42. The van der Waals surface area contributed by atoms with Crippen LogP contribution < -0.4 is 9.47 Å². The minimum absolute atomic E-state index is 0.0786. The minimum Gasteiger partial charge on any atom is -0.493 e. The van der Waals surface area contributed by atoms with Crippen LogP contribution >= 0.6 is 11.8 Å². The molecule has 0 aromatic heterocycles. The van der Waals surface area contributed by atoms with Crippen molar-refractivity contribution in [2.45, 2.75) is 107 Å². The molecule has 0 bridgehead atoms. The second-order valence-electron chi connectivity index (χ2n) is 18.0. The van der Waals surface area contributed by atoms with Gasteiger partial charge < -0.3 is 34.0 Å². The standard InChI is InChI=1S/C53H66N2O8S/c1-6-30-61-53-48(55(51(58)59-7-2)36-39-21-17-20-37-18-11-12-24-42(37)39)35-46(54-63-52(3,4)5)44-33-38(19-13-15-28-56)43(25-14-16-29-57)49(50(44)53)45-34-40(26-27-47(45)62-53)60-31-32-64-41-22-9-8-10-23-41/h6,8-12,17-18,20-24,26-27,33-34,38,43,48-50,56-57H,1,7,13-16,19,25,28-32,35-36H2,2-5H3/t38-,43+,48-,49+,50+,53+/m0/s1. The van der Waals surface area contributed by atoms with Gasteiger partial charge >= 0.3 is 6.09 Å². The average Bonchev–Trinajstić information content (AvgIpc) is 3.29. The Hall–Kier alpha value is -4.81. The number of unbranched alkanes of at least 4 members (excludes halogenated alkanes) is 2. The van der Waals surface area contributed by atoms with Crippen molar-refractivity contribution in [3.63, 3.8) is 0 Å². The van der Waals surface area contributed by atoms with Crippen molar-refractivity contribution < 1.29 is 38.8 Å². The number of ether oxygens (including phenoxy) is 4. The van der Waals surface area contributed by atoms with Gasteiger partial charge in [-0.25, -0.2) is 4.79 Å². The van der Waals surface area contributed by atoms with Gasteiger partial charge in [0, 0.05) is 41.8 Å². The number of fused-ring (bicyclic) bond motifs is 3. The van der Waals surface area contributed by atoms with Gasteiger partial charge in [-0.05, 0) is 117 Å². The molecule has 2 aliphatic carbocycles. The molecule has 2 N–H and O–H groups in total. The highest BCUT2D eigenvalue weighted by atomic mass is 32.2. The number of thioether (sulfide) groups is 1. The lowest BCUT2D eigenvalue weighted by molar-refractivity contribution is -0.256. The lowest BCUT2D eigenvalue weighted by Crippen LogP contribution is -2.70. The monoisotopic (exact) mass is 890 g/mol. The summed E-state index contributed by atoms with van der Waals surface area (Å²) in [4.78, 5) is 24.0. The number of aliphatic hydroxyl groups excluding tert-OH is 2. The molecule has 6 atom stereocenters. The van der Waals surface area contributed by atoms with E-state index in [1.54, 1.807) is 22.7 Å². The number of hydrogen-bond donors (Lipinski definition) is 2. The van der Waals surface area contributed by atoms with Crippen LogP contribution in [0.15, 0.2) is 125 Å². The van der Waals surface area contributed by atoms with Crippen molar-refractivity contribution >= 4 is 34.3 Å². The third kappa shape index (κ3) is 10.8. The van der Waals surface area contributed by atoms with Crippen molar-refractivity contribution in [2.24, 2.45) is 22.9 Å². The number of oxime groups is 1. The summed E-state index contributed by atoms with van der Waals surface area (Å²) >= 11 is 1.75. The third-order valence-corrected chi connectivity index (χ3v) is 13.5. The largest absolute Gasteiger partial charge is 0.493 e. The number of allylic oxidation sites excluding steroid dienone is 1. The van der Waals surface area contributed by atoms with Gasteiger partial charge in [0.1, 0.15) is 23.1 Å². The first-order chi connectivity index (χ1) is 31.1. The maximum absolute atomic E-state index is 14.7. The molecule has 0 spiro atoms. The van der Waals surface area contributed by atoms with Gasteiger partial charge in [0.2, 0.25) is 5.79 Å². The first-order valence-electron chi connectivity index (χ1n) is 23.1. The molecule has 10 nitrogen and oxygen atoms in total. The van der Waals surface area contributed by atoms with Crippen LogP contribution in [0.4, 0.5) is 4.79 Å². The van der Waals surface area contributed by atoms with E-state index in [2.05, 4.69) is 55.1 Å². The summed E-state index contributed by atoms with van der Waals surface area (Å²) in [6, 6.07) is 30.1. The fraction of sp³-hybridized carbons (Fsp3) is 0.472. The molecule has 1 fully saturated rings. The summed E-state index contributed by atoms with van der Waals surface area (Å²) < 4.78 is 27.1. The quantitative estimate of drug-likeness (QED) is 0.0365. The smallest absolute Gasteiger partial charge is 0.410 e. The molecule has 11 heteroatoms. The third-order valence-electron chi connectivity index (χ3n) is 12.5. The summed E-state index contributed by atoms with van der Waals surface area (Å²) in [6.07, 6.45) is 8.60. The van der Waals surface area contributed by atoms with Crippen molar-refractivity contribution in [3.05, 3.63) is 126 Å². The molecule has 4 aromatic carbocycles. The first kappa shape index (κ1) is 47.2. The maximum Gasteiger partial charge on any atom is 0.410 e. The molecular weight excluding hydrogens is 825 g/mol. The van der Waals surface area contributed by atoms with Crippen LogP contribution in [0.5, 0.6) is 11.5 Å². The van der Waals surface area contributed by atoms with Gasteiger partial charge in [0.05, 0.1) is 38.0 Å². The van der Waals surface area contributed by atoms with Crippen LogP contribution in [-0.4, -0.2) is 83.1 Å². The van der Waals surface area contributed by atoms with Crippen LogP contribution in [0.1, 0.15) is 89.7 Å². The Morgan fingerprint density at radius 3 is 2.47 bits per heavy atom. The molecule has 342 valence electrons. The molecule has 0 saturated heterocycles. The van der Waals surface area contributed by atoms with Gasteiger partial charge in [-0.1, -0.05) is 90.8 Å². The van der Waals surface area contributed by atoms with E-state index in [0.29, 0.717) is 25.2 Å². The van der Waals surface area contributed by atoms with Gasteiger partial charge in [-0.2, -0.15) is 0 Å². The molecule has 1 saturated carbocycles.